The molecule has 0 atom stereocenters. The number of hydrogen-bond acceptors (Lipinski definition) is 7. The average Bonchev–Trinajstić information content (AvgIpc) is 3.57. The number of carbonyl (C=O) groups is 1. The van der Waals surface area contributed by atoms with Crippen LogP contribution in [0.5, 0.6) is 5.75 Å². The van der Waals surface area contributed by atoms with Crippen LogP contribution in [-0.2, 0) is 0 Å². The molecule has 3 aromatic rings. The molecule has 1 aliphatic carbocycles. The van der Waals surface area contributed by atoms with Gasteiger partial charge in [-0.15, -0.1) is 10.2 Å². The van der Waals surface area contributed by atoms with Gasteiger partial charge < -0.3 is 15.4 Å². The summed E-state index contributed by atoms with van der Waals surface area (Å²) in [6.07, 6.45) is 3.45. The first-order valence-electron chi connectivity index (χ1n) is 10.5. The molecule has 0 aliphatic heterocycles. The normalized spacial score (nSPS) is 14.9. The Labute approximate surface area is 181 Å². The number of halogens is 1. The van der Waals surface area contributed by atoms with E-state index in [0.29, 0.717) is 22.7 Å². The quantitative estimate of drug-likeness (QED) is 0.619. The molecule has 0 saturated heterocycles. The third-order valence-electron chi connectivity index (χ3n) is 4.63. The minimum Gasteiger partial charge on any atom is -0.494 e. The number of hydrogen-bond donors (Lipinski definition) is 2. The fourth-order valence-electron chi connectivity index (χ4n) is 3.08. The maximum atomic E-state index is 12.5. The molecule has 0 spiro atoms. The van der Waals surface area contributed by atoms with Crippen LogP contribution in [0.1, 0.15) is 33.5 Å². The number of amides is 1. The van der Waals surface area contributed by atoms with E-state index in [1.165, 1.54) is 25.6 Å². The van der Waals surface area contributed by atoms with Crippen LogP contribution >= 0.6 is 11.6 Å². The lowest BCUT2D eigenvalue weighted by Gasteiger charge is -2.16. The van der Waals surface area contributed by atoms with Gasteiger partial charge in [-0.25, -0.2) is 4.98 Å². The van der Waals surface area contributed by atoms with Gasteiger partial charge in [0.1, 0.15) is 0 Å². The van der Waals surface area contributed by atoms with Gasteiger partial charge in [0.2, 0.25) is 0 Å². The molecular formula is C20H19ClN6O3. The van der Waals surface area contributed by atoms with Crippen LogP contribution in [-0.4, -0.2) is 39.7 Å². The Morgan fingerprint density at radius 1 is 1.30 bits per heavy atom. The smallest absolute Gasteiger partial charge is 0.273 e. The lowest BCUT2D eigenvalue weighted by atomic mass is 10.1. The monoisotopic (exact) mass is 429 g/mol. The van der Waals surface area contributed by atoms with Crippen molar-refractivity contribution in [2.24, 2.45) is 0 Å². The summed E-state index contributed by atoms with van der Waals surface area (Å²) in [6.45, 7) is -2.71. The van der Waals surface area contributed by atoms with Gasteiger partial charge in [0.25, 0.3) is 11.5 Å². The van der Waals surface area contributed by atoms with Gasteiger partial charge in [-0.1, -0.05) is 17.7 Å². The van der Waals surface area contributed by atoms with Crippen molar-refractivity contribution in [3.8, 4) is 17.0 Å². The third kappa shape index (κ3) is 3.84. The summed E-state index contributed by atoms with van der Waals surface area (Å²) in [5, 5.41) is 12.2. The first-order valence-corrected chi connectivity index (χ1v) is 9.42. The minimum absolute atomic E-state index is 0.0107. The Kier molecular flexibility index (Phi) is 4.42. The number of nitrogens with one attached hydrogen (secondary N) is 2. The van der Waals surface area contributed by atoms with Crippen LogP contribution in [0.2, 0.25) is 5.15 Å². The lowest BCUT2D eigenvalue weighted by molar-refractivity contribution is 0.0958. The van der Waals surface area contributed by atoms with E-state index in [0.717, 1.165) is 12.8 Å². The summed E-state index contributed by atoms with van der Waals surface area (Å²) >= 11 is 5.95. The van der Waals surface area contributed by atoms with Crippen LogP contribution in [0.4, 0.5) is 11.4 Å². The molecule has 1 aromatic carbocycles. The topological polar surface area (TPSA) is 111 Å². The molecule has 4 rings (SSSR count). The minimum atomic E-state index is -2.71. The van der Waals surface area contributed by atoms with Crippen LogP contribution in [0.15, 0.2) is 41.5 Å². The van der Waals surface area contributed by atoms with Gasteiger partial charge >= 0.3 is 0 Å². The molecule has 1 amide bonds. The van der Waals surface area contributed by atoms with Crippen LogP contribution in [0.3, 0.4) is 0 Å². The Morgan fingerprint density at radius 3 is 2.83 bits per heavy atom. The SMILES string of the molecule is [2H]C([2H])([2H])NC(=O)c1nnc(Cl)cc1Nc1cccc(-c2cc(=O)n(C3CC3)cn2)c1OC. The molecule has 9 nitrogen and oxygen atoms in total. The Morgan fingerprint density at radius 2 is 2.13 bits per heavy atom. The van der Waals surface area contributed by atoms with Crippen molar-refractivity contribution in [1.29, 1.82) is 0 Å². The lowest BCUT2D eigenvalue weighted by Crippen LogP contribution is -2.21. The predicted molar refractivity (Wildman–Crippen MR) is 112 cm³/mol. The van der Waals surface area contributed by atoms with Crippen LogP contribution in [0, 0.1) is 0 Å². The zero-order chi connectivity index (χ0) is 23.8. The molecule has 0 bridgehead atoms. The summed E-state index contributed by atoms with van der Waals surface area (Å²) in [5.41, 5.74) is 1.07. The van der Waals surface area contributed by atoms with Crippen molar-refractivity contribution in [1.82, 2.24) is 25.1 Å². The van der Waals surface area contributed by atoms with E-state index >= 15 is 0 Å². The second kappa shape index (κ2) is 8.11. The standard InChI is InChI=1S/C20H19ClN6O3/c1-22-20(29)18-15(8-16(21)25-26-18)24-13-5-3-4-12(19(13)30-2)14-9-17(28)27(10-23-14)11-6-7-11/h3-5,8-11H,6-7H2,1-2H3,(H,22,29)(H,24,25)/i1D3. The van der Waals surface area contributed by atoms with Gasteiger partial charge in [0.05, 0.1) is 30.5 Å². The summed E-state index contributed by atoms with van der Waals surface area (Å²) in [4.78, 5) is 29.3. The number of benzene rings is 1. The van der Waals surface area contributed by atoms with E-state index in [1.54, 1.807) is 22.8 Å². The van der Waals surface area contributed by atoms with Crippen LogP contribution in [0.25, 0.3) is 11.3 Å². The molecule has 2 aromatic heterocycles. The molecule has 10 heteroatoms. The van der Waals surface area contributed by atoms with E-state index < -0.39 is 12.9 Å². The molecule has 2 heterocycles. The number of rotatable bonds is 6. The first kappa shape index (κ1) is 16.3. The molecule has 1 aliphatic rings. The summed E-state index contributed by atoms with van der Waals surface area (Å²) in [7, 11) is 1.45. The van der Waals surface area contributed by atoms with Crippen molar-refractivity contribution in [2.75, 3.05) is 19.4 Å². The van der Waals surface area contributed by atoms with Gasteiger partial charge in [-0.3, -0.25) is 14.2 Å². The highest BCUT2D eigenvalue weighted by Crippen LogP contribution is 2.38. The number of methoxy groups -OCH3 is 1. The number of carbonyl (C=O) groups excluding carboxylic acids is 1. The van der Waals surface area contributed by atoms with Gasteiger partial charge in [0.15, 0.2) is 16.6 Å². The van der Waals surface area contributed by atoms with E-state index in [1.807, 2.05) is 5.32 Å². The van der Waals surface area contributed by atoms with E-state index in [9.17, 15) is 9.59 Å². The average molecular weight is 430 g/mol. The Bertz CT molecular complexity index is 1280. The van der Waals surface area contributed by atoms with Gasteiger partial charge in [-0.05, 0) is 25.0 Å². The molecule has 1 fully saturated rings. The first-order chi connectivity index (χ1) is 15.7. The number of ether oxygens (including phenoxy) is 1. The number of anilines is 2. The van der Waals surface area contributed by atoms with Crippen molar-refractivity contribution in [3.05, 3.63) is 57.9 Å². The van der Waals surface area contributed by atoms with Crippen molar-refractivity contribution < 1.29 is 13.6 Å². The number of para-hydroxylation sites is 1. The Balaban J connectivity index is 1.72. The second-order valence-electron chi connectivity index (χ2n) is 6.65. The zero-order valence-corrected chi connectivity index (χ0v) is 16.6. The molecule has 1 saturated carbocycles. The fraction of sp³-hybridized carbons (Fsp3) is 0.250. The predicted octanol–water partition coefficient (Wildman–Crippen LogP) is 2.80. The summed E-state index contributed by atoms with van der Waals surface area (Å²) in [6, 6.07) is 8.12. The maximum absolute atomic E-state index is 12.5. The molecule has 30 heavy (non-hydrogen) atoms. The van der Waals surface area contributed by atoms with Gasteiger partial charge in [0, 0.05) is 34.8 Å². The molecule has 0 radical (unpaired) electrons. The largest absolute Gasteiger partial charge is 0.494 e. The van der Waals surface area contributed by atoms with E-state index in [-0.39, 0.29) is 28.1 Å². The summed E-state index contributed by atoms with van der Waals surface area (Å²) in [5.74, 6) is -0.606. The van der Waals surface area contributed by atoms with Crippen molar-refractivity contribution >= 4 is 28.9 Å². The summed E-state index contributed by atoms with van der Waals surface area (Å²) < 4.78 is 28.9. The fourth-order valence-corrected chi connectivity index (χ4v) is 3.22. The van der Waals surface area contributed by atoms with Crippen LogP contribution < -0.4 is 20.9 Å². The number of nitrogens with zero attached hydrogens (tertiary/aromatic N) is 4. The molecular weight excluding hydrogens is 408 g/mol. The highest BCUT2D eigenvalue weighted by Gasteiger charge is 2.25. The maximum Gasteiger partial charge on any atom is 0.273 e. The highest BCUT2D eigenvalue weighted by molar-refractivity contribution is 6.29. The van der Waals surface area contributed by atoms with Gasteiger partial charge in [-0.2, -0.15) is 0 Å². The molecule has 154 valence electrons. The number of aromatic nitrogens is 4. The van der Waals surface area contributed by atoms with E-state index in [4.69, 9.17) is 20.5 Å². The second-order valence-corrected chi connectivity index (χ2v) is 7.03. The van der Waals surface area contributed by atoms with Crippen molar-refractivity contribution in [2.45, 2.75) is 18.9 Å². The highest BCUT2D eigenvalue weighted by atomic mass is 35.5. The zero-order valence-electron chi connectivity index (χ0n) is 18.8. The van der Waals surface area contributed by atoms with Crippen molar-refractivity contribution in [3.63, 3.8) is 0 Å². The third-order valence-corrected chi connectivity index (χ3v) is 4.82. The Hall–Kier alpha value is -3.46. The molecule has 2 N–H and O–H groups in total. The molecule has 0 unspecified atom stereocenters. The van der Waals surface area contributed by atoms with E-state index in [2.05, 4.69) is 20.5 Å².